The molecule has 0 heterocycles. The fraction of sp³-hybridized carbons (Fsp3) is 0.143. The van der Waals surface area contributed by atoms with Gasteiger partial charge >= 0.3 is 0 Å². The van der Waals surface area contributed by atoms with Crippen molar-refractivity contribution in [3.05, 3.63) is 47.5 Å². The van der Waals surface area contributed by atoms with E-state index in [9.17, 15) is 0 Å². The van der Waals surface area contributed by atoms with Crippen LogP contribution in [0.2, 0.25) is 5.02 Å². The van der Waals surface area contributed by atoms with Gasteiger partial charge in [0.15, 0.2) is 0 Å². The summed E-state index contributed by atoms with van der Waals surface area (Å²) in [6.45, 7) is 0. The van der Waals surface area contributed by atoms with Crippen LogP contribution < -0.4 is 0 Å². The Kier molecular flexibility index (Phi) is 4.43. The second kappa shape index (κ2) is 5.85. The normalized spacial score (nSPS) is 10.5. The highest BCUT2D eigenvalue weighted by Gasteiger charge is 2.08. The first kappa shape index (κ1) is 12.9. The van der Waals surface area contributed by atoms with E-state index in [2.05, 4.69) is 36.8 Å². The third-order valence-electron chi connectivity index (χ3n) is 2.57. The van der Waals surface area contributed by atoms with Crippen molar-refractivity contribution in [3.63, 3.8) is 0 Å². The molecule has 0 amide bonds. The standard InChI is InChI=1S/C14H13ClS2/c1-16-10-7-8-12(14(9-10)17-2)11-5-3-4-6-13(11)15/h3-9H,1-2H3. The quantitative estimate of drug-likeness (QED) is 0.686. The Labute approximate surface area is 116 Å². The SMILES string of the molecule is CSc1ccc(-c2ccccc2Cl)c(SC)c1. The van der Waals surface area contributed by atoms with Crippen LogP contribution in [-0.4, -0.2) is 12.5 Å². The van der Waals surface area contributed by atoms with Gasteiger partial charge in [-0.1, -0.05) is 35.9 Å². The Morgan fingerprint density at radius 2 is 1.65 bits per heavy atom. The summed E-state index contributed by atoms with van der Waals surface area (Å²) in [6, 6.07) is 14.5. The van der Waals surface area contributed by atoms with Crippen LogP contribution in [0.25, 0.3) is 11.1 Å². The lowest BCUT2D eigenvalue weighted by Gasteiger charge is -2.10. The third kappa shape index (κ3) is 2.82. The summed E-state index contributed by atoms with van der Waals surface area (Å²) < 4.78 is 0. The smallest absolute Gasteiger partial charge is 0.0484 e. The van der Waals surface area contributed by atoms with Gasteiger partial charge in [0.1, 0.15) is 0 Å². The first-order chi connectivity index (χ1) is 8.26. The third-order valence-corrected chi connectivity index (χ3v) is 4.41. The van der Waals surface area contributed by atoms with Crippen molar-refractivity contribution in [2.75, 3.05) is 12.5 Å². The molecular weight excluding hydrogens is 268 g/mol. The van der Waals surface area contributed by atoms with E-state index in [-0.39, 0.29) is 0 Å². The van der Waals surface area contributed by atoms with Gasteiger partial charge in [-0.3, -0.25) is 0 Å². The van der Waals surface area contributed by atoms with Gasteiger partial charge in [-0.2, -0.15) is 0 Å². The number of rotatable bonds is 3. The monoisotopic (exact) mass is 280 g/mol. The minimum atomic E-state index is 0.805. The zero-order valence-electron chi connectivity index (χ0n) is 9.74. The average Bonchev–Trinajstić information content (AvgIpc) is 2.38. The summed E-state index contributed by atoms with van der Waals surface area (Å²) in [5.41, 5.74) is 2.31. The molecule has 0 N–H and O–H groups in total. The van der Waals surface area contributed by atoms with E-state index >= 15 is 0 Å². The number of hydrogen-bond donors (Lipinski definition) is 0. The topological polar surface area (TPSA) is 0 Å². The molecule has 0 saturated heterocycles. The van der Waals surface area contributed by atoms with Crippen LogP contribution >= 0.6 is 35.1 Å². The summed E-state index contributed by atoms with van der Waals surface area (Å²) in [5.74, 6) is 0. The van der Waals surface area contributed by atoms with E-state index in [1.807, 2.05) is 18.2 Å². The number of benzene rings is 2. The van der Waals surface area contributed by atoms with Gasteiger partial charge < -0.3 is 0 Å². The molecule has 3 heteroatoms. The second-order valence-corrected chi connectivity index (χ2v) is 5.68. The largest absolute Gasteiger partial charge is 0.130 e. The van der Waals surface area contributed by atoms with Crippen molar-refractivity contribution in [1.82, 2.24) is 0 Å². The van der Waals surface area contributed by atoms with Crippen molar-refractivity contribution in [1.29, 1.82) is 0 Å². The summed E-state index contributed by atoms with van der Waals surface area (Å²) in [4.78, 5) is 2.55. The molecule has 0 atom stereocenters. The molecule has 0 fully saturated rings. The summed E-state index contributed by atoms with van der Waals surface area (Å²) in [5, 5.41) is 0.805. The molecular formula is C14H13ClS2. The summed E-state index contributed by atoms with van der Waals surface area (Å²) in [6.07, 6.45) is 4.19. The zero-order chi connectivity index (χ0) is 12.3. The molecule has 0 radical (unpaired) electrons. The Morgan fingerprint density at radius 3 is 2.29 bits per heavy atom. The van der Waals surface area contributed by atoms with E-state index in [0.717, 1.165) is 10.6 Å². The summed E-state index contributed by atoms with van der Waals surface area (Å²) in [7, 11) is 0. The molecule has 0 aliphatic carbocycles. The molecule has 2 aromatic rings. The molecule has 0 unspecified atom stereocenters. The Hall–Kier alpha value is -0.570. The minimum Gasteiger partial charge on any atom is -0.130 e. The van der Waals surface area contributed by atoms with E-state index in [1.54, 1.807) is 23.5 Å². The molecule has 0 nitrogen and oxygen atoms in total. The van der Waals surface area contributed by atoms with Crippen LogP contribution in [0.4, 0.5) is 0 Å². The molecule has 0 saturated carbocycles. The van der Waals surface area contributed by atoms with Crippen molar-refractivity contribution in [3.8, 4) is 11.1 Å². The Balaban J connectivity index is 2.56. The minimum absolute atomic E-state index is 0.805. The van der Waals surface area contributed by atoms with E-state index < -0.39 is 0 Å². The number of thioether (sulfide) groups is 2. The Bertz CT molecular complexity index is 523. The van der Waals surface area contributed by atoms with Crippen LogP contribution in [-0.2, 0) is 0 Å². The number of hydrogen-bond acceptors (Lipinski definition) is 2. The van der Waals surface area contributed by atoms with Crippen LogP contribution in [0, 0.1) is 0 Å². The molecule has 2 aromatic carbocycles. The Morgan fingerprint density at radius 1 is 0.882 bits per heavy atom. The van der Waals surface area contributed by atoms with Crippen LogP contribution in [0.3, 0.4) is 0 Å². The molecule has 0 aliphatic rings. The van der Waals surface area contributed by atoms with Gasteiger partial charge in [0.05, 0.1) is 0 Å². The van der Waals surface area contributed by atoms with Gasteiger partial charge in [0, 0.05) is 20.4 Å². The average molecular weight is 281 g/mol. The lowest BCUT2D eigenvalue weighted by molar-refractivity contribution is 1.33. The van der Waals surface area contributed by atoms with E-state index in [0.29, 0.717) is 0 Å². The first-order valence-electron chi connectivity index (χ1n) is 5.23. The predicted molar refractivity (Wildman–Crippen MR) is 80.5 cm³/mol. The zero-order valence-corrected chi connectivity index (χ0v) is 12.1. The maximum atomic E-state index is 6.25. The van der Waals surface area contributed by atoms with Gasteiger partial charge in [0.2, 0.25) is 0 Å². The molecule has 2 rings (SSSR count). The van der Waals surface area contributed by atoms with Crippen molar-refractivity contribution in [2.45, 2.75) is 9.79 Å². The van der Waals surface area contributed by atoms with Crippen LogP contribution in [0.15, 0.2) is 52.3 Å². The predicted octanol–water partition coefficient (Wildman–Crippen LogP) is 5.45. The molecule has 0 bridgehead atoms. The van der Waals surface area contributed by atoms with Gasteiger partial charge in [0.25, 0.3) is 0 Å². The number of halogens is 1. The lowest BCUT2D eigenvalue weighted by Crippen LogP contribution is -1.84. The van der Waals surface area contributed by atoms with Gasteiger partial charge in [-0.25, -0.2) is 0 Å². The highest BCUT2D eigenvalue weighted by molar-refractivity contribution is 7.99. The van der Waals surface area contributed by atoms with Crippen LogP contribution in [0.5, 0.6) is 0 Å². The van der Waals surface area contributed by atoms with E-state index in [4.69, 9.17) is 11.6 Å². The highest BCUT2D eigenvalue weighted by atomic mass is 35.5. The maximum absolute atomic E-state index is 6.25. The van der Waals surface area contributed by atoms with Crippen molar-refractivity contribution >= 4 is 35.1 Å². The fourth-order valence-corrected chi connectivity index (χ4v) is 3.10. The van der Waals surface area contributed by atoms with Gasteiger partial charge in [-0.15, -0.1) is 23.5 Å². The molecule has 88 valence electrons. The second-order valence-electron chi connectivity index (χ2n) is 3.55. The fourth-order valence-electron chi connectivity index (χ4n) is 1.70. The van der Waals surface area contributed by atoms with Gasteiger partial charge in [-0.05, 0) is 36.3 Å². The van der Waals surface area contributed by atoms with Crippen molar-refractivity contribution < 1.29 is 0 Å². The van der Waals surface area contributed by atoms with Crippen molar-refractivity contribution in [2.24, 2.45) is 0 Å². The molecule has 0 aromatic heterocycles. The maximum Gasteiger partial charge on any atom is 0.0484 e. The molecule has 17 heavy (non-hydrogen) atoms. The van der Waals surface area contributed by atoms with E-state index in [1.165, 1.54) is 15.4 Å². The molecule has 0 spiro atoms. The highest BCUT2D eigenvalue weighted by Crippen LogP contribution is 2.36. The molecule has 0 aliphatic heterocycles. The lowest BCUT2D eigenvalue weighted by atomic mass is 10.1. The van der Waals surface area contributed by atoms with Crippen LogP contribution in [0.1, 0.15) is 0 Å². The summed E-state index contributed by atoms with van der Waals surface area (Å²) >= 11 is 9.76. The first-order valence-corrected chi connectivity index (χ1v) is 8.06.